The second kappa shape index (κ2) is 6.58. The second-order valence-corrected chi connectivity index (χ2v) is 3.87. The predicted molar refractivity (Wildman–Crippen MR) is 64.1 cm³/mol. The van der Waals surface area contributed by atoms with Gasteiger partial charge in [0.1, 0.15) is 6.33 Å². The van der Waals surface area contributed by atoms with Crippen molar-refractivity contribution in [3.63, 3.8) is 0 Å². The summed E-state index contributed by atoms with van der Waals surface area (Å²) in [5, 5.41) is 17.7. The van der Waals surface area contributed by atoms with Crippen molar-refractivity contribution in [3.8, 4) is 0 Å². The number of rotatable bonds is 6. The molecule has 0 spiro atoms. The third-order valence-electron chi connectivity index (χ3n) is 2.43. The van der Waals surface area contributed by atoms with Gasteiger partial charge in [-0.2, -0.15) is 10.1 Å². The van der Waals surface area contributed by atoms with E-state index in [1.807, 2.05) is 6.92 Å². The molecule has 1 heterocycles. The zero-order valence-corrected chi connectivity index (χ0v) is 10.4. The molecule has 0 saturated carbocycles. The van der Waals surface area contributed by atoms with E-state index in [0.29, 0.717) is 12.4 Å². The van der Waals surface area contributed by atoms with Crippen LogP contribution in [0.5, 0.6) is 0 Å². The molecule has 0 bridgehead atoms. The number of anilines is 1. The lowest BCUT2D eigenvalue weighted by atomic mass is 10.0. The number of aliphatic carboxylic acids is 1. The van der Waals surface area contributed by atoms with Gasteiger partial charge in [0.2, 0.25) is 5.95 Å². The van der Waals surface area contributed by atoms with Crippen LogP contribution in [0.25, 0.3) is 0 Å². The van der Waals surface area contributed by atoms with Crippen LogP contribution >= 0.6 is 0 Å². The number of aryl methyl sites for hydroxylation is 1. The molecule has 0 fully saturated rings. The molecular formula is C10H17N5O3. The highest BCUT2D eigenvalue weighted by Crippen LogP contribution is 2.05. The van der Waals surface area contributed by atoms with E-state index in [-0.39, 0.29) is 6.54 Å². The van der Waals surface area contributed by atoms with E-state index in [9.17, 15) is 9.59 Å². The van der Waals surface area contributed by atoms with Gasteiger partial charge in [-0.3, -0.25) is 10.1 Å². The highest BCUT2D eigenvalue weighted by molar-refractivity contribution is 5.87. The van der Waals surface area contributed by atoms with E-state index < -0.39 is 17.9 Å². The molecule has 3 N–H and O–H groups in total. The lowest BCUT2D eigenvalue weighted by molar-refractivity contribution is -0.141. The molecule has 1 aromatic heterocycles. The first-order chi connectivity index (χ1) is 8.54. The normalized spacial score (nSPS) is 11.9. The van der Waals surface area contributed by atoms with Gasteiger partial charge < -0.3 is 10.4 Å². The molecule has 0 aliphatic rings. The molecule has 8 nitrogen and oxygen atoms in total. The van der Waals surface area contributed by atoms with Gasteiger partial charge >= 0.3 is 12.0 Å². The van der Waals surface area contributed by atoms with Crippen molar-refractivity contribution in [1.29, 1.82) is 0 Å². The van der Waals surface area contributed by atoms with Gasteiger partial charge in [0.05, 0.1) is 5.92 Å². The number of carbonyl (C=O) groups excluding carboxylic acids is 1. The summed E-state index contributed by atoms with van der Waals surface area (Å²) in [5.74, 6) is -1.18. The van der Waals surface area contributed by atoms with E-state index in [0.717, 1.165) is 6.42 Å². The Bertz CT molecular complexity index is 417. The highest BCUT2D eigenvalue weighted by Gasteiger charge is 2.17. The number of carboxylic acid groups (broad SMARTS) is 1. The Labute approximate surface area is 104 Å². The van der Waals surface area contributed by atoms with Crippen LogP contribution in [0.1, 0.15) is 19.8 Å². The molecule has 1 atom stereocenters. The second-order valence-electron chi connectivity index (χ2n) is 3.87. The zero-order valence-electron chi connectivity index (χ0n) is 10.4. The van der Waals surface area contributed by atoms with Crippen LogP contribution in [-0.4, -0.2) is 38.4 Å². The molecule has 0 aromatic carbocycles. The minimum absolute atomic E-state index is 0.0901. The van der Waals surface area contributed by atoms with E-state index in [1.54, 1.807) is 7.05 Å². The van der Waals surface area contributed by atoms with E-state index >= 15 is 0 Å². The van der Waals surface area contributed by atoms with Crippen LogP contribution in [-0.2, 0) is 11.8 Å². The Balaban J connectivity index is 2.41. The van der Waals surface area contributed by atoms with Crippen molar-refractivity contribution in [2.45, 2.75) is 19.8 Å². The maximum absolute atomic E-state index is 11.5. The lowest BCUT2D eigenvalue weighted by Gasteiger charge is -2.12. The van der Waals surface area contributed by atoms with Crippen LogP contribution in [0.15, 0.2) is 6.33 Å². The SMILES string of the molecule is CCCC(CNC(=O)Nc1ncnn1C)C(=O)O. The first kappa shape index (κ1) is 13.9. The number of hydrogen-bond donors (Lipinski definition) is 3. The quantitative estimate of drug-likeness (QED) is 0.683. The fourth-order valence-corrected chi connectivity index (χ4v) is 1.43. The van der Waals surface area contributed by atoms with E-state index in [2.05, 4.69) is 20.7 Å². The van der Waals surface area contributed by atoms with Gasteiger partial charge in [0, 0.05) is 13.6 Å². The molecule has 0 radical (unpaired) electrons. The molecule has 100 valence electrons. The number of carbonyl (C=O) groups is 2. The van der Waals surface area contributed by atoms with Gasteiger partial charge in [0.15, 0.2) is 0 Å². The largest absolute Gasteiger partial charge is 0.481 e. The average molecular weight is 255 g/mol. The molecule has 8 heteroatoms. The van der Waals surface area contributed by atoms with Gasteiger partial charge in [-0.1, -0.05) is 13.3 Å². The maximum atomic E-state index is 11.5. The first-order valence-corrected chi connectivity index (χ1v) is 5.66. The molecule has 0 aliphatic carbocycles. The number of aromatic nitrogens is 3. The van der Waals surface area contributed by atoms with Crippen LogP contribution < -0.4 is 10.6 Å². The third kappa shape index (κ3) is 4.04. The monoisotopic (exact) mass is 255 g/mol. The summed E-state index contributed by atoms with van der Waals surface area (Å²) in [4.78, 5) is 26.2. The van der Waals surface area contributed by atoms with Crippen molar-refractivity contribution < 1.29 is 14.7 Å². The van der Waals surface area contributed by atoms with E-state index in [1.165, 1.54) is 11.0 Å². The molecule has 0 aliphatic heterocycles. The number of amides is 2. The van der Waals surface area contributed by atoms with Gasteiger partial charge in [0.25, 0.3) is 0 Å². The van der Waals surface area contributed by atoms with Gasteiger partial charge in [-0.15, -0.1) is 0 Å². The molecule has 1 rings (SSSR count). The number of urea groups is 1. The summed E-state index contributed by atoms with van der Waals surface area (Å²) in [5.41, 5.74) is 0. The molecule has 18 heavy (non-hydrogen) atoms. The van der Waals surface area contributed by atoms with Crippen LogP contribution in [0, 0.1) is 5.92 Å². The van der Waals surface area contributed by atoms with Gasteiger partial charge in [-0.25, -0.2) is 9.48 Å². The smallest absolute Gasteiger partial charge is 0.321 e. The number of nitrogens with one attached hydrogen (secondary N) is 2. The summed E-state index contributed by atoms with van der Waals surface area (Å²) < 4.78 is 1.40. The van der Waals surface area contributed by atoms with Crippen molar-refractivity contribution in [2.24, 2.45) is 13.0 Å². The molecule has 1 aromatic rings. The summed E-state index contributed by atoms with van der Waals surface area (Å²) in [7, 11) is 1.64. The fraction of sp³-hybridized carbons (Fsp3) is 0.600. The zero-order chi connectivity index (χ0) is 13.5. The first-order valence-electron chi connectivity index (χ1n) is 5.66. The summed E-state index contributed by atoms with van der Waals surface area (Å²) in [6.07, 6.45) is 2.59. The standard InChI is InChI=1S/C10H17N5O3/c1-3-4-7(8(16)17)5-11-10(18)14-9-12-6-13-15(9)2/h6-7H,3-5H2,1-2H3,(H,16,17)(H2,11,12,13,14,18). The number of hydrogen-bond acceptors (Lipinski definition) is 4. The number of nitrogens with zero attached hydrogens (tertiary/aromatic N) is 3. The molecular weight excluding hydrogens is 238 g/mol. The highest BCUT2D eigenvalue weighted by atomic mass is 16.4. The van der Waals surface area contributed by atoms with Crippen molar-refractivity contribution in [1.82, 2.24) is 20.1 Å². The minimum Gasteiger partial charge on any atom is -0.481 e. The summed E-state index contributed by atoms with van der Waals surface area (Å²) >= 11 is 0. The lowest BCUT2D eigenvalue weighted by Crippen LogP contribution is -2.36. The predicted octanol–water partition coefficient (Wildman–Crippen LogP) is 0.437. The van der Waals surface area contributed by atoms with Crippen LogP contribution in [0.3, 0.4) is 0 Å². The van der Waals surface area contributed by atoms with E-state index in [4.69, 9.17) is 5.11 Å². The summed E-state index contributed by atoms with van der Waals surface area (Å²) in [6, 6.07) is -0.492. The Morgan fingerprint density at radius 2 is 2.28 bits per heavy atom. The molecule has 2 amide bonds. The Morgan fingerprint density at radius 1 is 1.56 bits per heavy atom. The third-order valence-corrected chi connectivity index (χ3v) is 2.43. The fourth-order valence-electron chi connectivity index (χ4n) is 1.43. The van der Waals surface area contributed by atoms with Crippen molar-refractivity contribution >= 4 is 17.9 Å². The van der Waals surface area contributed by atoms with Crippen molar-refractivity contribution in [2.75, 3.05) is 11.9 Å². The Kier molecular flexibility index (Phi) is 5.09. The minimum atomic E-state index is -0.907. The Morgan fingerprint density at radius 3 is 2.78 bits per heavy atom. The van der Waals surface area contributed by atoms with Crippen LogP contribution in [0.4, 0.5) is 10.7 Å². The van der Waals surface area contributed by atoms with Crippen LogP contribution in [0.2, 0.25) is 0 Å². The molecule has 1 unspecified atom stereocenters. The summed E-state index contributed by atoms with van der Waals surface area (Å²) in [6.45, 7) is 1.99. The average Bonchev–Trinajstić information content (AvgIpc) is 2.70. The topological polar surface area (TPSA) is 109 Å². The maximum Gasteiger partial charge on any atom is 0.321 e. The van der Waals surface area contributed by atoms with Crippen molar-refractivity contribution in [3.05, 3.63) is 6.33 Å². The Hall–Kier alpha value is -2.12. The molecule has 0 saturated heterocycles. The van der Waals surface area contributed by atoms with Gasteiger partial charge in [-0.05, 0) is 6.42 Å². The number of carboxylic acids is 1.